The van der Waals surface area contributed by atoms with Gasteiger partial charge in [0, 0.05) is 18.7 Å². The number of imidazole rings is 1. The Morgan fingerprint density at radius 2 is 2.17 bits per heavy atom. The second-order valence-electron chi connectivity index (χ2n) is 6.91. The molecule has 2 aromatic rings. The number of fused-ring (bicyclic) bond motifs is 3. The van der Waals surface area contributed by atoms with Gasteiger partial charge in [-0.05, 0) is 45.1 Å². The van der Waals surface area contributed by atoms with Crippen molar-refractivity contribution in [2.75, 3.05) is 40.4 Å². The second-order valence-corrected chi connectivity index (χ2v) is 6.91. The maximum atomic E-state index is 5.79. The number of ether oxygens (including phenoxy) is 2. The van der Waals surface area contributed by atoms with Crippen LogP contribution in [-0.4, -0.2) is 60.9 Å². The van der Waals surface area contributed by atoms with Crippen molar-refractivity contribution < 1.29 is 9.47 Å². The molecule has 6 heteroatoms. The molecule has 0 amide bonds. The minimum Gasteiger partial charge on any atom is -0.497 e. The standard InChI is InChI=1S/C18H26N4O2/c1-21-7-5-13(6-8-21)19-10-14-11-24-12-18-20-16-4-3-15(23-2)9-17(16)22(14)18/h3-4,9,13-14,19H,5-8,10-12H2,1-2H3. The van der Waals surface area contributed by atoms with Crippen LogP contribution in [0.4, 0.5) is 0 Å². The van der Waals surface area contributed by atoms with Crippen molar-refractivity contribution in [1.29, 1.82) is 0 Å². The predicted octanol–water partition coefficient (Wildman–Crippen LogP) is 1.80. The van der Waals surface area contributed by atoms with Gasteiger partial charge in [0.2, 0.25) is 0 Å². The summed E-state index contributed by atoms with van der Waals surface area (Å²) >= 11 is 0. The summed E-state index contributed by atoms with van der Waals surface area (Å²) in [5.74, 6) is 1.89. The van der Waals surface area contributed by atoms with Crippen LogP contribution in [0.25, 0.3) is 11.0 Å². The fourth-order valence-corrected chi connectivity index (χ4v) is 3.79. The number of hydrogen-bond acceptors (Lipinski definition) is 5. The van der Waals surface area contributed by atoms with Crippen LogP contribution in [0.15, 0.2) is 18.2 Å². The van der Waals surface area contributed by atoms with E-state index in [0.29, 0.717) is 12.6 Å². The molecule has 1 unspecified atom stereocenters. The molecule has 6 nitrogen and oxygen atoms in total. The van der Waals surface area contributed by atoms with Crippen LogP contribution >= 0.6 is 0 Å². The zero-order chi connectivity index (χ0) is 16.5. The highest BCUT2D eigenvalue weighted by Gasteiger charge is 2.25. The summed E-state index contributed by atoms with van der Waals surface area (Å²) in [7, 11) is 3.90. The van der Waals surface area contributed by atoms with E-state index in [1.807, 2.05) is 12.1 Å². The molecule has 0 aliphatic carbocycles. The van der Waals surface area contributed by atoms with Gasteiger partial charge >= 0.3 is 0 Å². The van der Waals surface area contributed by atoms with Gasteiger partial charge in [0.15, 0.2) is 0 Å². The first-order valence-electron chi connectivity index (χ1n) is 8.79. The highest BCUT2D eigenvalue weighted by atomic mass is 16.5. The van der Waals surface area contributed by atoms with Gasteiger partial charge in [-0.2, -0.15) is 0 Å². The summed E-state index contributed by atoms with van der Waals surface area (Å²) in [5.41, 5.74) is 2.16. The lowest BCUT2D eigenvalue weighted by Gasteiger charge is -2.32. The fraction of sp³-hybridized carbons (Fsp3) is 0.611. The van der Waals surface area contributed by atoms with E-state index in [2.05, 4.69) is 27.9 Å². The minimum atomic E-state index is 0.283. The Bertz CT molecular complexity index is 706. The first-order valence-corrected chi connectivity index (χ1v) is 8.79. The van der Waals surface area contributed by atoms with Crippen LogP contribution in [0.5, 0.6) is 5.75 Å². The van der Waals surface area contributed by atoms with E-state index in [-0.39, 0.29) is 6.04 Å². The van der Waals surface area contributed by atoms with E-state index in [9.17, 15) is 0 Å². The van der Waals surface area contributed by atoms with Crippen LogP contribution in [0.1, 0.15) is 24.7 Å². The summed E-state index contributed by atoms with van der Waals surface area (Å²) < 4.78 is 13.5. The molecular weight excluding hydrogens is 304 g/mol. The number of rotatable bonds is 4. The van der Waals surface area contributed by atoms with Crippen molar-refractivity contribution in [3.8, 4) is 5.75 Å². The Morgan fingerprint density at radius 1 is 1.33 bits per heavy atom. The number of nitrogens with zero attached hydrogens (tertiary/aromatic N) is 3. The molecule has 1 fully saturated rings. The molecule has 0 spiro atoms. The number of hydrogen-bond donors (Lipinski definition) is 1. The summed E-state index contributed by atoms with van der Waals surface area (Å²) in [6.07, 6.45) is 2.44. The van der Waals surface area contributed by atoms with Crippen molar-refractivity contribution in [2.24, 2.45) is 0 Å². The van der Waals surface area contributed by atoms with Crippen LogP contribution in [-0.2, 0) is 11.3 Å². The van der Waals surface area contributed by atoms with Gasteiger partial charge in [0.25, 0.3) is 0 Å². The summed E-state index contributed by atoms with van der Waals surface area (Å²) in [5, 5.41) is 3.75. The SMILES string of the molecule is COc1ccc2nc3n(c2c1)C(CNC1CCN(C)CC1)COC3. The molecule has 3 heterocycles. The Morgan fingerprint density at radius 3 is 2.96 bits per heavy atom. The zero-order valence-electron chi connectivity index (χ0n) is 14.5. The summed E-state index contributed by atoms with van der Waals surface area (Å²) in [4.78, 5) is 7.13. The van der Waals surface area contributed by atoms with E-state index >= 15 is 0 Å². The van der Waals surface area contributed by atoms with Crippen molar-refractivity contribution in [2.45, 2.75) is 31.5 Å². The minimum absolute atomic E-state index is 0.283. The van der Waals surface area contributed by atoms with E-state index < -0.39 is 0 Å². The maximum absolute atomic E-state index is 5.79. The van der Waals surface area contributed by atoms with Gasteiger partial charge in [0.05, 0.1) is 30.8 Å². The van der Waals surface area contributed by atoms with E-state index in [1.165, 1.54) is 25.9 Å². The first-order chi connectivity index (χ1) is 11.7. The molecule has 1 aromatic carbocycles. The Labute approximate surface area is 142 Å². The van der Waals surface area contributed by atoms with Crippen LogP contribution < -0.4 is 10.1 Å². The Balaban J connectivity index is 1.54. The highest BCUT2D eigenvalue weighted by Crippen LogP contribution is 2.28. The largest absolute Gasteiger partial charge is 0.497 e. The van der Waals surface area contributed by atoms with Gasteiger partial charge in [-0.15, -0.1) is 0 Å². The molecule has 24 heavy (non-hydrogen) atoms. The van der Waals surface area contributed by atoms with Gasteiger partial charge in [-0.25, -0.2) is 4.98 Å². The lowest BCUT2D eigenvalue weighted by molar-refractivity contribution is 0.0547. The van der Waals surface area contributed by atoms with Crippen molar-refractivity contribution in [3.05, 3.63) is 24.0 Å². The molecule has 1 aromatic heterocycles. The van der Waals surface area contributed by atoms with Crippen molar-refractivity contribution in [1.82, 2.24) is 19.8 Å². The predicted molar refractivity (Wildman–Crippen MR) is 93.5 cm³/mol. The zero-order valence-corrected chi connectivity index (χ0v) is 14.5. The third-order valence-electron chi connectivity index (χ3n) is 5.24. The molecule has 1 N–H and O–H groups in total. The number of benzene rings is 1. The molecule has 0 saturated carbocycles. The van der Waals surface area contributed by atoms with Crippen LogP contribution in [0.2, 0.25) is 0 Å². The third kappa shape index (κ3) is 3.01. The normalized spacial score (nSPS) is 22.7. The molecule has 0 radical (unpaired) electrons. The van der Waals surface area contributed by atoms with E-state index in [4.69, 9.17) is 14.5 Å². The molecule has 0 bridgehead atoms. The van der Waals surface area contributed by atoms with Gasteiger partial charge in [0.1, 0.15) is 18.2 Å². The molecule has 1 atom stereocenters. The highest BCUT2D eigenvalue weighted by molar-refractivity contribution is 5.78. The Kier molecular flexibility index (Phi) is 4.43. The smallest absolute Gasteiger partial charge is 0.136 e. The lowest BCUT2D eigenvalue weighted by atomic mass is 10.1. The van der Waals surface area contributed by atoms with E-state index in [1.54, 1.807) is 7.11 Å². The summed E-state index contributed by atoms with van der Waals surface area (Å²) in [6, 6.07) is 6.97. The fourth-order valence-electron chi connectivity index (χ4n) is 3.79. The number of nitrogens with one attached hydrogen (secondary N) is 1. The average molecular weight is 330 g/mol. The van der Waals surface area contributed by atoms with Crippen LogP contribution in [0, 0.1) is 0 Å². The lowest BCUT2D eigenvalue weighted by Crippen LogP contribution is -2.44. The number of methoxy groups -OCH3 is 1. The van der Waals surface area contributed by atoms with Gasteiger partial charge in [-0.1, -0.05) is 0 Å². The molecule has 130 valence electrons. The van der Waals surface area contributed by atoms with Gasteiger partial charge in [-0.3, -0.25) is 0 Å². The van der Waals surface area contributed by atoms with Gasteiger partial charge < -0.3 is 24.3 Å². The van der Waals surface area contributed by atoms with Crippen molar-refractivity contribution >= 4 is 11.0 Å². The average Bonchev–Trinajstić information content (AvgIpc) is 2.99. The second kappa shape index (κ2) is 6.70. The molecule has 2 aliphatic heterocycles. The van der Waals surface area contributed by atoms with Crippen LogP contribution in [0.3, 0.4) is 0 Å². The molecule has 4 rings (SSSR count). The van der Waals surface area contributed by atoms with E-state index in [0.717, 1.165) is 35.8 Å². The number of aromatic nitrogens is 2. The topological polar surface area (TPSA) is 51.5 Å². The molecule has 1 saturated heterocycles. The number of likely N-dealkylation sites (tertiary alicyclic amines) is 1. The third-order valence-corrected chi connectivity index (χ3v) is 5.24. The van der Waals surface area contributed by atoms with Crippen molar-refractivity contribution in [3.63, 3.8) is 0 Å². The maximum Gasteiger partial charge on any atom is 0.136 e. The number of piperidine rings is 1. The monoisotopic (exact) mass is 330 g/mol. The molecular formula is C18H26N4O2. The Hall–Kier alpha value is -1.63. The first kappa shape index (κ1) is 15.9. The quantitative estimate of drug-likeness (QED) is 0.926. The summed E-state index contributed by atoms with van der Waals surface area (Å²) in [6.45, 7) is 4.59. The molecule has 2 aliphatic rings.